The summed E-state index contributed by atoms with van der Waals surface area (Å²) in [5.74, 6) is -0.0287. The van der Waals surface area contributed by atoms with E-state index in [0.717, 1.165) is 43.2 Å². The van der Waals surface area contributed by atoms with Crippen LogP contribution in [-0.2, 0) is 14.3 Å². The van der Waals surface area contributed by atoms with Crippen molar-refractivity contribution in [3.8, 4) is 0 Å². The fraction of sp³-hybridized carbons (Fsp3) is 0.545. The number of para-hydroxylation sites is 1. The van der Waals surface area contributed by atoms with E-state index in [4.69, 9.17) is 16.3 Å². The molecule has 0 heterocycles. The number of unbranched alkanes of at least 4 members (excludes halogenated alkanes) is 4. The number of carbonyl (C=O) groups is 3. The molecule has 0 aromatic heterocycles. The van der Waals surface area contributed by atoms with Crippen molar-refractivity contribution in [2.75, 3.05) is 23.9 Å². The second-order valence-electron chi connectivity index (χ2n) is 11.7. The molecule has 0 radical (unpaired) electrons. The lowest BCUT2D eigenvalue weighted by Gasteiger charge is -2.35. The number of rotatable bonds is 15. The molecule has 2 unspecified atom stereocenters. The van der Waals surface area contributed by atoms with Gasteiger partial charge in [0.05, 0.1) is 10.7 Å². The predicted molar refractivity (Wildman–Crippen MR) is 175 cm³/mol. The van der Waals surface area contributed by atoms with Crippen molar-refractivity contribution in [3.63, 3.8) is 0 Å². The largest absolute Gasteiger partial charge is 0.444 e. The lowest BCUT2D eigenvalue weighted by molar-refractivity contribution is -0.141. The lowest BCUT2D eigenvalue weighted by atomic mass is 9.99. The number of hydrogen-bond acceptors (Lipinski definition) is 5. The Bertz CT molecular complexity index is 1160. The Morgan fingerprint density at radius 2 is 1.71 bits per heavy atom. The van der Waals surface area contributed by atoms with Gasteiger partial charge in [-0.3, -0.25) is 9.59 Å². The molecule has 0 aliphatic carbocycles. The van der Waals surface area contributed by atoms with Crippen LogP contribution in [0.1, 0.15) is 89.0 Å². The minimum absolute atomic E-state index is 0.317. The van der Waals surface area contributed by atoms with E-state index in [1.54, 1.807) is 43.5 Å². The predicted octanol–water partition coefficient (Wildman–Crippen LogP) is 8.08. The van der Waals surface area contributed by atoms with Gasteiger partial charge in [-0.15, -0.1) is 0 Å². The standard InChI is InChI=1S/C33H48ClN3O4S/c1-8-9-10-11-12-20-37(31(39)27(19-21-42-7)35-32(40)41-33(4,5)6)29(25-17-13-15-23(2)22-25)30(38)36-28-24(3)16-14-18-26(28)34/h13-18,22,27,29H,8-12,19-21H2,1-7H3,(H,35,40)(H,36,38). The van der Waals surface area contributed by atoms with Crippen molar-refractivity contribution in [1.82, 2.24) is 10.2 Å². The van der Waals surface area contributed by atoms with Crippen molar-refractivity contribution in [2.24, 2.45) is 0 Å². The number of nitrogens with zero attached hydrogens (tertiary/aromatic N) is 1. The summed E-state index contributed by atoms with van der Waals surface area (Å²) in [6, 6.07) is 11.3. The first-order chi connectivity index (χ1) is 19.9. The molecule has 0 fully saturated rings. The summed E-state index contributed by atoms with van der Waals surface area (Å²) in [6.07, 6.45) is 6.61. The van der Waals surface area contributed by atoms with Crippen LogP contribution in [0.2, 0.25) is 5.02 Å². The number of hydrogen-bond donors (Lipinski definition) is 2. The van der Waals surface area contributed by atoms with Crippen LogP contribution in [0.3, 0.4) is 0 Å². The van der Waals surface area contributed by atoms with E-state index in [1.807, 2.05) is 56.5 Å². The van der Waals surface area contributed by atoms with Crippen LogP contribution in [-0.4, -0.2) is 53.0 Å². The molecular formula is C33H48ClN3O4S. The van der Waals surface area contributed by atoms with Crippen molar-refractivity contribution in [3.05, 3.63) is 64.2 Å². The number of nitrogens with one attached hydrogen (secondary N) is 2. The molecule has 0 saturated heterocycles. The van der Waals surface area contributed by atoms with Gasteiger partial charge in [0, 0.05) is 6.54 Å². The normalized spacial score (nSPS) is 12.8. The highest BCUT2D eigenvalue weighted by Crippen LogP contribution is 2.30. The van der Waals surface area contributed by atoms with Gasteiger partial charge in [-0.05, 0) is 76.7 Å². The average Bonchev–Trinajstić information content (AvgIpc) is 2.91. The quantitative estimate of drug-likeness (QED) is 0.197. The van der Waals surface area contributed by atoms with Crippen molar-refractivity contribution in [2.45, 2.75) is 97.8 Å². The zero-order chi connectivity index (χ0) is 31.3. The number of amides is 3. The number of benzene rings is 2. The van der Waals surface area contributed by atoms with Crippen LogP contribution in [0.25, 0.3) is 0 Å². The third kappa shape index (κ3) is 11.5. The summed E-state index contributed by atoms with van der Waals surface area (Å²) in [5.41, 5.74) is 2.29. The number of ether oxygens (including phenoxy) is 1. The van der Waals surface area contributed by atoms with Gasteiger partial charge < -0.3 is 20.3 Å². The topological polar surface area (TPSA) is 87.7 Å². The molecule has 0 saturated carbocycles. The monoisotopic (exact) mass is 617 g/mol. The van der Waals surface area contributed by atoms with Crippen molar-refractivity contribution in [1.29, 1.82) is 0 Å². The van der Waals surface area contributed by atoms with Crippen molar-refractivity contribution >= 4 is 47.0 Å². The Hall–Kier alpha value is -2.71. The Balaban J connectivity index is 2.55. The maximum absolute atomic E-state index is 14.4. The number of anilines is 1. The summed E-state index contributed by atoms with van der Waals surface area (Å²) in [4.78, 5) is 43.0. The Morgan fingerprint density at radius 1 is 1.02 bits per heavy atom. The molecule has 0 spiro atoms. The fourth-order valence-electron chi connectivity index (χ4n) is 4.69. The number of aryl methyl sites for hydroxylation is 2. The van der Waals surface area contributed by atoms with Gasteiger partial charge in [-0.2, -0.15) is 11.8 Å². The average molecular weight is 618 g/mol. The maximum Gasteiger partial charge on any atom is 0.408 e. The highest BCUT2D eigenvalue weighted by Gasteiger charge is 2.36. The zero-order valence-corrected chi connectivity index (χ0v) is 27.8. The number of halogens is 1. The molecule has 2 atom stereocenters. The SMILES string of the molecule is CCCCCCCN(C(=O)C(CCSC)NC(=O)OC(C)(C)C)C(C(=O)Nc1c(C)cccc1Cl)c1cccc(C)c1. The minimum atomic E-state index is -0.934. The summed E-state index contributed by atoms with van der Waals surface area (Å²) >= 11 is 8.07. The molecule has 0 aliphatic heterocycles. The Labute approximate surface area is 261 Å². The van der Waals surface area contributed by atoms with E-state index in [2.05, 4.69) is 17.6 Å². The smallest absolute Gasteiger partial charge is 0.408 e. The van der Waals surface area contributed by atoms with Gasteiger partial charge in [0.15, 0.2) is 0 Å². The van der Waals surface area contributed by atoms with Crippen LogP contribution in [0, 0.1) is 13.8 Å². The second-order valence-corrected chi connectivity index (χ2v) is 13.1. The molecule has 0 bridgehead atoms. The first-order valence-corrected chi connectivity index (χ1v) is 16.6. The third-order valence-corrected chi connectivity index (χ3v) is 7.73. The molecule has 3 amide bonds. The number of alkyl carbamates (subject to hydrolysis) is 1. The highest BCUT2D eigenvalue weighted by molar-refractivity contribution is 7.98. The van der Waals surface area contributed by atoms with Gasteiger partial charge in [0.2, 0.25) is 5.91 Å². The molecule has 42 heavy (non-hydrogen) atoms. The van der Waals surface area contributed by atoms with Gasteiger partial charge >= 0.3 is 6.09 Å². The first-order valence-electron chi connectivity index (χ1n) is 14.8. The maximum atomic E-state index is 14.4. The van der Waals surface area contributed by atoms with Crippen LogP contribution >= 0.6 is 23.4 Å². The van der Waals surface area contributed by atoms with E-state index in [-0.39, 0.29) is 11.8 Å². The van der Waals surface area contributed by atoms with Gasteiger partial charge in [0.1, 0.15) is 17.7 Å². The van der Waals surface area contributed by atoms with E-state index in [1.165, 1.54) is 0 Å². The molecule has 2 aromatic carbocycles. The van der Waals surface area contributed by atoms with E-state index in [9.17, 15) is 14.4 Å². The summed E-state index contributed by atoms with van der Waals surface area (Å²) in [6.45, 7) is 11.7. The lowest BCUT2D eigenvalue weighted by Crippen LogP contribution is -2.52. The van der Waals surface area contributed by atoms with Gasteiger partial charge in [0.25, 0.3) is 5.91 Å². The first kappa shape index (κ1) is 35.5. The molecular weight excluding hydrogens is 570 g/mol. The summed E-state index contributed by atoms with van der Waals surface area (Å²) in [7, 11) is 0. The van der Waals surface area contributed by atoms with Crippen LogP contribution in [0.4, 0.5) is 10.5 Å². The zero-order valence-electron chi connectivity index (χ0n) is 26.2. The highest BCUT2D eigenvalue weighted by atomic mass is 35.5. The molecule has 2 aromatic rings. The van der Waals surface area contributed by atoms with Gasteiger partial charge in [-0.1, -0.05) is 86.2 Å². The van der Waals surface area contributed by atoms with Crippen LogP contribution in [0.15, 0.2) is 42.5 Å². The summed E-state index contributed by atoms with van der Waals surface area (Å²) in [5, 5.41) is 6.25. The summed E-state index contributed by atoms with van der Waals surface area (Å²) < 4.78 is 5.50. The molecule has 2 rings (SSSR count). The van der Waals surface area contributed by atoms with Gasteiger partial charge in [-0.25, -0.2) is 4.79 Å². The van der Waals surface area contributed by atoms with E-state index >= 15 is 0 Å². The fourth-order valence-corrected chi connectivity index (χ4v) is 5.43. The molecule has 9 heteroatoms. The van der Waals surface area contributed by atoms with E-state index < -0.39 is 23.8 Å². The second kappa shape index (κ2) is 17.4. The van der Waals surface area contributed by atoms with Crippen LogP contribution < -0.4 is 10.6 Å². The molecule has 2 N–H and O–H groups in total. The molecule has 0 aliphatic rings. The third-order valence-electron chi connectivity index (χ3n) is 6.77. The van der Waals surface area contributed by atoms with Crippen LogP contribution in [0.5, 0.6) is 0 Å². The molecule has 7 nitrogen and oxygen atoms in total. The molecule has 232 valence electrons. The van der Waals surface area contributed by atoms with E-state index in [0.29, 0.717) is 35.0 Å². The number of thioether (sulfide) groups is 1. The minimum Gasteiger partial charge on any atom is -0.444 e. The number of carbonyl (C=O) groups excluding carboxylic acids is 3. The Morgan fingerprint density at radius 3 is 2.33 bits per heavy atom. The van der Waals surface area contributed by atoms with Crippen molar-refractivity contribution < 1.29 is 19.1 Å². The Kier molecular flexibility index (Phi) is 14.7.